The van der Waals surface area contributed by atoms with Gasteiger partial charge in [-0.3, -0.25) is 9.59 Å². The van der Waals surface area contributed by atoms with Gasteiger partial charge < -0.3 is 10.2 Å². The summed E-state index contributed by atoms with van der Waals surface area (Å²) >= 11 is 9.21. The minimum Gasteiger partial charge on any atom is -0.336 e. The Labute approximate surface area is 188 Å². The number of hydrogen-bond acceptors (Lipinski definition) is 6. The van der Waals surface area contributed by atoms with Gasteiger partial charge in [0.15, 0.2) is 0 Å². The van der Waals surface area contributed by atoms with E-state index in [1.807, 2.05) is 0 Å². The summed E-state index contributed by atoms with van der Waals surface area (Å²) < 4.78 is 0. The maximum Gasteiger partial charge on any atom is 0.244 e. The number of para-hydroxylation sites is 1. The van der Waals surface area contributed by atoms with E-state index in [1.165, 1.54) is 39.9 Å². The maximum absolute atomic E-state index is 12.6. The number of thiophene rings is 1. The Kier molecular flexibility index (Phi) is 6.55. The molecule has 0 bridgehead atoms. The van der Waals surface area contributed by atoms with E-state index in [4.69, 9.17) is 11.6 Å². The van der Waals surface area contributed by atoms with Crippen LogP contribution in [0.4, 0.5) is 5.69 Å². The molecular formula is C21H21ClN4O2S2. The van der Waals surface area contributed by atoms with Crippen LogP contribution in [0.3, 0.4) is 0 Å². The Bertz CT molecular complexity index is 1100. The van der Waals surface area contributed by atoms with E-state index < -0.39 is 0 Å². The van der Waals surface area contributed by atoms with E-state index in [0.29, 0.717) is 10.7 Å². The number of nitrogens with zero attached hydrogens (tertiary/aromatic N) is 3. The van der Waals surface area contributed by atoms with Crippen LogP contribution in [-0.2, 0) is 22.4 Å². The summed E-state index contributed by atoms with van der Waals surface area (Å²) in [4.78, 5) is 37.5. The number of carbonyl (C=O) groups is 2. The van der Waals surface area contributed by atoms with Crippen LogP contribution in [-0.4, -0.2) is 46.0 Å². The second kappa shape index (κ2) is 9.32. The molecule has 9 heteroatoms. The van der Waals surface area contributed by atoms with Crippen LogP contribution in [0.2, 0.25) is 5.02 Å². The number of thioether (sulfide) groups is 1. The molecule has 2 heterocycles. The Morgan fingerprint density at radius 2 is 2.03 bits per heavy atom. The summed E-state index contributed by atoms with van der Waals surface area (Å²) in [6.07, 6.45) is 6.11. The summed E-state index contributed by atoms with van der Waals surface area (Å²) in [6.45, 7) is -0.0440. The number of anilines is 1. The SMILES string of the molecule is CN(CC(=O)Nc1ccccc1Cl)C(=O)CSc1ncnc2sc3c(c12)CCCC3. The molecule has 0 saturated carbocycles. The van der Waals surface area contributed by atoms with Crippen molar-refractivity contribution in [3.63, 3.8) is 0 Å². The number of hydrogen-bond donors (Lipinski definition) is 1. The molecule has 1 aromatic carbocycles. The Morgan fingerprint density at radius 3 is 2.87 bits per heavy atom. The van der Waals surface area contributed by atoms with Crippen molar-refractivity contribution in [1.82, 2.24) is 14.9 Å². The number of amides is 2. The molecule has 30 heavy (non-hydrogen) atoms. The van der Waals surface area contributed by atoms with Gasteiger partial charge in [-0.25, -0.2) is 9.97 Å². The number of fused-ring (bicyclic) bond motifs is 3. The Morgan fingerprint density at radius 1 is 1.23 bits per heavy atom. The number of aryl methyl sites for hydroxylation is 2. The molecule has 4 rings (SSSR count). The van der Waals surface area contributed by atoms with Gasteiger partial charge in [0.05, 0.1) is 23.0 Å². The minimum absolute atomic E-state index is 0.0440. The number of halogens is 1. The lowest BCUT2D eigenvalue weighted by atomic mass is 9.97. The lowest BCUT2D eigenvalue weighted by Crippen LogP contribution is -2.36. The van der Waals surface area contributed by atoms with Crippen LogP contribution in [0, 0.1) is 0 Å². The van der Waals surface area contributed by atoms with Crippen LogP contribution >= 0.6 is 34.7 Å². The fourth-order valence-electron chi connectivity index (χ4n) is 3.47. The van der Waals surface area contributed by atoms with Gasteiger partial charge in [0.1, 0.15) is 16.2 Å². The Balaban J connectivity index is 1.38. The molecule has 6 nitrogen and oxygen atoms in total. The van der Waals surface area contributed by atoms with Gasteiger partial charge in [-0.2, -0.15) is 0 Å². The van der Waals surface area contributed by atoms with Crippen LogP contribution in [0.1, 0.15) is 23.3 Å². The summed E-state index contributed by atoms with van der Waals surface area (Å²) in [7, 11) is 1.62. The molecule has 3 aromatic rings. The van der Waals surface area contributed by atoms with Crippen molar-refractivity contribution in [1.29, 1.82) is 0 Å². The minimum atomic E-state index is -0.291. The number of carbonyl (C=O) groups excluding carboxylic acids is 2. The molecule has 1 aliphatic rings. The van der Waals surface area contributed by atoms with Gasteiger partial charge in [-0.05, 0) is 43.4 Å². The van der Waals surface area contributed by atoms with Crippen molar-refractivity contribution in [2.75, 3.05) is 24.7 Å². The van der Waals surface area contributed by atoms with E-state index in [-0.39, 0.29) is 24.1 Å². The molecule has 2 amide bonds. The molecule has 1 aliphatic carbocycles. The normalized spacial score (nSPS) is 13.1. The fourth-order valence-corrected chi connectivity index (χ4v) is 5.91. The molecule has 0 aliphatic heterocycles. The highest BCUT2D eigenvalue weighted by molar-refractivity contribution is 8.00. The molecule has 0 atom stereocenters. The zero-order valence-corrected chi connectivity index (χ0v) is 18.9. The summed E-state index contributed by atoms with van der Waals surface area (Å²) in [6, 6.07) is 7.01. The number of aromatic nitrogens is 2. The smallest absolute Gasteiger partial charge is 0.244 e. The van der Waals surface area contributed by atoms with Crippen molar-refractivity contribution >= 4 is 62.4 Å². The number of likely N-dealkylation sites (N-methyl/N-ethyl adjacent to an activating group) is 1. The van der Waals surface area contributed by atoms with Crippen molar-refractivity contribution < 1.29 is 9.59 Å². The van der Waals surface area contributed by atoms with Crippen molar-refractivity contribution in [3.8, 4) is 0 Å². The van der Waals surface area contributed by atoms with E-state index in [1.54, 1.807) is 49.0 Å². The van der Waals surface area contributed by atoms with Gasteiger partial charge in [-0.15, -0.1) is 11.3 Å². The molecule has 0 spiro atoms. The van der Waals surface area contributed by atoms with Crippen LogP contribution < -0.4 is 5.32 Å². The predicted octanol–water partition coefficient (Wildman–Crippen LogP) is 4.41. The van der Waals surface area contributed by atoms with Crippen LogP contribution in [0.25, 0.3) is 10.2 Å². The second-order valence-electron chi connectivity index (χ2n) is 7.14. The van der Waals surface area contributed by atoms with Gasteiger partial charge >= 0.3 is 0 Å². The standard InChI is InChI=1S/C21H21ClN4O2S2/c1-26(10-17(27)25-15-8-4-3-7-14(15)22)18(28)11-29-20-19-13-6-2-5-9-16(13)30-21(19)24-12-23-20/h3-4,7-8,12H,2,5-6,9-11H2,1H3,(H,25,27). The third kappa shape index (κ3) is 4.61. The zero-order chi connectivity index (χ0) is 21.1. The molecule has 2 aromatic heterocycles. The molecule has 0 radical (unpaired) electrons. The molecular weight excluding hydrogens is 440 g/mol. The van der Waals surface area contributed by atoms with Crippen molar-refractivity contribution in [2.24, 2.45) is 0 Å². The fraction of sp³-hybridized carbons (Fsp3) is 0.333. The van der Waals surface area contributed by atoms with E-state index in [0.717, 1.165) is 28.1 Å². The molecule has 1 N–H and O–H groups in total. The van der Waals surface area contributed by atoms with Crippen LogP contribution in [0.5, 0.6) is 0 Å². The molecule has 0 saturated heterocycles. The second-order valence-corrected chi connectivity index (χ2v) is 9.59. The summed E-state index contributed by atoms with van der Waals surface area (Å²) in [5.41, 5.74) is 1.88. The third-order valence-electron chi connectivity index (χ3n) is 5.00. The zero-order valence-electron chi connectivity index (χ0n) is 16.5. The number of benzene rings is 1. The van der Waals surface area contributed by atoms with E-state index >= 15 is 0 Å². The topological polar surface area (TPSA) is 75.2 Å². The predicted molar refractivity (Wildman–Crippen MR) is 122 cm³/mol. The summed E-state index contributed by atoms with van der Waals surface area (Å²) in [5, 5.41) is 5.15. The van der Waals surface area contributed by atoms with Gasteiger partial charge in [0, 0.05) is 17.3 Å². The van der Waals surface area contributed by atoms with Gasteiger partial charge in [-0.1, -0.05) is 35.5 Å². The first-order chi connectivity index (χ1) is 14.5. The first kappa shape index (κ1) is 21.1. The molecule has 0 fully saturated rings. The summed E-state index contributed by atoms with van der Waals surface area (Å²) in [5.74, 6) is -0.211. The lowest BCUT2D eigenvalue weighted by Gasteiger charge is -2.17. The lowest BCUT2D eigenvalue weighted by molar-refractivity contribution is -0.131. The quantitative estimate of drug-likeness (QED) is 0.435. The van der Waals surface area contributed by atoms with Crippen LogP contribution in [0.15, 0.2) is 35.6 Å². The average Bonchev–Trinajstić information content (AvgIpc) is 3.12. The van der Waals surface area contributed by atoms with Gasteiger partial charge in [0.2, 0.25) is 11.8 Å². The number of rotatable bonds is 6. The highest BCUT2D eigenvalue weighted by Crippen LogP contribution is 2.39. The Hall–Kier alpha value is -2.16. The largest absolute Gasteiger partial charge is 0.336 e. The monoisotopic (exact) mass is 460 g/mol. The highest BCUT2D eigenvalue weighted by Gasteiger charge is 2.21. The molecule has 0 unspecified atom stereocenters. The molecule has 156 valence electrons. The van der Waals surface area contributed by atoms with Gasteiger partial charge in [0.25, 0.3) is 0 Å². The first-order valence-corrected chi connectivity index (χ1v) is 11.9. The maximum atomic E-state index is 12.6. The first-order valence-electron chi connectivity index (χ1n) is 9.69. The average molecular weight is 461 g/mol. The van der Waals surface area contributed by atoms with E-state index in [9.17, 15) is 9.59 Å². The van der Waals surface area contributed by atoms with E-state index in [2.05, 4.69) is 15.3 Å². The van der Waals surface area contributed by atoms with Crippen molar-refractivity contribution in [2.45, 2.75) is 30.7 Å². The van der Waals surface area contributed by atoms with Crippen molar-refractivity contribution in [3.05, 3.63) is 46.1 Å². The third-order valence-corrected chi connectivity index (χ3v) is 7.51. The highest BCUT2D eigenvalue weighted by atomic mass is 35.5. The number of nitrogens with one attached hydrogen (secondary N) is 1.